The van der Waals surface area contributed by atoms with Crippen molar-refractivity contribution in [3.8, 4) is 5.75 Å². The zero-order valence-corrected chi connectivity index (χ0v) is 11.9. The third kappa shape index (κ3) is 5.25. The van der Waals surface area contributed by atoms with Gasteiger partial charge >= 0.3 is 0 Å². The van der Waals surface area contributed by atoms with Crippen LogP contribution >= 0.6 is 11.6 Å². The average molecular weight is 272 g/mol. The Labute approximate surface area is 114 Å². The minimum absolute atomic E-state index is 0.555. The predicted molar refractivity (Wildman–Crippen MR) is 75.4 cm³/mol. The number of rotatable bonds is 9. The highest BCUT2D eigenvalue weighted by Crippen LogP contribution is 2.26. The molecule has 0 aromatic heterocycles. The molecule has 0 atom stereocenters. The standard InChI is InChI=1S/C14H22ClNO2/c1-3-8-17-9-10-18-14-7-5-6-13(15)12(14)11-16-4-2/h5-7,16H,3-4,8-11H2,1-2H3. The SMILES string of the molecule is CCCOCCOc1cccc(Cl)c1CNCC. The molecule has 18 heavy (non-hydrogen) atoms. The Morgan fingerprint density at radius 3 is 2.72 bits per heavy atom. The van der Waals surface area contributed by atoms with Crippen molar-refractivity contribution in [3.63, 3.8) is 0 Å². The van der Waals surface area contributed by atoms with Crippen molar-refractivity contribution in [2.24, 2.45) is 0 Å². The molecule has 0 aliphatic heterocycles. The number of halogens is 1. The fourth-order valence-corrected chi connectivity index (χ4v) is 1.79. The van der Waals surface area contributed by atoms with Gasteiger partial charge in [0.25, 0.3) is 0 Å². The van der Waals surface area contributed by atoms with Gasteiger partial charge in [-0.2, -0.15) is 0 Å². The lowest BCUT2D eigenvalue weighted by Gasteiger charge is -2.13. The molecular weight excluding hydrogens is 250 g/mol. The summed E-state index contributed by atoms with van der Waals surface area (Å²) in [4.78, 5) is 0. The third-order valence-electron chi connectivity index (χ3n) is 2.46. The summed E-state index contributed by atoms with van der Waals surface area (Å²) in [5.74, 6) is 0.837. The summed E-state index contributed by atoms with van der Waals surface area (Å²) >= 11 is 6.18. The Morgan fingerprint density at radius 2 is 2.00 bits per heavy atom. The minimum Gasteiger partial charge on any atom is -0.491 e. The van der Waals surface area contributed by atoms with E-state index in [1.54, 1.807) is 0 Å². The fraction of sp³-hybridized carbons (Fsp3) is 0.571. The van der Waals surface area contributed by atoms with Gasteiger partial charge in [-0.05, 0) is 25.1 Å². The molecule has 3 nitrogen and oxygen atoms in total. The molecule has 1 aromatic carbocycles. The van der Waals surface area contributed by atoms with Crippen LogP contribution in [0.25, 0.3) is 0 Å². The van der Waals surface area contributed by atoms with Crippen LogP contribution in [0.1, 0.15) is 25.8 Å². The van der Waals surface area contributed by atoms with Crippen molar-refractivity contribution in [1.82, 2.24) is 5.32 Å². The smallest absolute Gasteiger partial charge is 0.125 e. The van der Waals surface area contributed by atoms with Gasteiger partial charge in [-0.15, -0.1) is 0 Å². The first-order valence-electron chi connectivity index (χ1n) is 6.48. The normalized spacial score (nSPS) is 10.6. The molecule has 0 fully saturated rings. The Morgan fingerprint density at radius 1 is 1.17 bits per heavy atom. The van der Waals surface area contributed by atoms with Gasteiger partial charge in [0.2, 0.25) is 0 Å². The molecule has 0 radical (unpaired) electrons. The van der Waals surface area contributed by atoms with Crippen LogP contribution in [0.2, 0.25) is 5.02 Å². The van der Waals surface area contributed by atoms with Gasteiger partial charge in [-0.25, -0.2) is 0 Å². The summed E-state index contributed by atoms with van der Waals surface area (Å²) in [5, 5.41) is 4.00. The summed E-state index contributed by atoms with van der Waals surface area (Å²) in [6.07, 6.45) is 1.03. The summed E-state index contributed by atoms with van der Waals surface area (Å²) in [7, 11) is 0. The van der Waals surface area contributed by atoms with E-state index < -0.39 is 0 Å². The zero-order valence-electron chi connectivity index (χ0n) is 11.2. The van der Waals surface area contributed by atoms with Gasteiger partial charge in [0.05, 0.1) is 6.61 Å². The van der Waals surface area contributed by atoms with E-state index in [1.165, 1.54) is 0 Å². The molecular formula is C14H22ClNO2. The van der Waals surface area contributed by atoms with Crippen molar-refractivity contribution >= 4 is 11.6 Å². The van der Waals surface area contributed by atoms with Gasteiger partial charge in [0, 0.05) is 23.7 Å². The van der Waals surface area contributed by atoms with E-state index in [2.05, 4.69) is 19.2 Å². The molecule has 0 spiro atoms. The van der Waals surface area contributed by atoms with Crippen molar-refractivity contribution in [3.05, 3.63) is 28.8 Å². The second-order valence-electron chi connectivity index (χ2n) is 3.96. The molecule has 0 saturated carbocycles. The van der Waals surface area contributed by atoms with Crippen LogP contribution in [0.3, 0.4) is 0 Å². The van der Waals surface area contributed by atoms with Gasteiger partial charge in [0.1, 0.15) is 12.4 Å². The molecule has 1 rings (SSSR count). The van der Waals surface area contributed by atoms with Crippen LogP contribution in [-0.4, -0.2) is 26.4 Å². The topological polar surface area (TPSA) is 30.5 Å². The van der Waals surface area contributed by atoms with Gasteiger partial charge in [-0.1, -0.05) is 31.5 Å². The van der Waals surface area contributed by atoms with E-state index in [0.29, 0.717) is 13.2 Å². The highest BCUT2D eigenvalue weighted by molar-refractivity contribution is 6.31. The quantitative estimate of drug-likeness (QED) is 0.700. The number of ether oxygens (including phenoxy) is 2. The summed E-state index contributed by atoms with van der Waals surface area (Å²) < 4.78 is 11.1. The van der Waals surface area contributed by atoms with E-state index in [0.717, 1.165) is 42.5 Å². The zero-order chi connectivity index (χ0) is 13.2. The van der Waals surface area contributed by atoms with Crippen LogP contribution in [0.4, 0.5) is 0 Å². The van der Waals surface area contributed by atoms with Gasteiger partial charge in [0.15, 0.2) is 0 Å². The number of nitrogens with one attached hydrogen (secondary N) is 1. The first-order valence-corrected chi connectivity index (χ1v) is 6.86. The van der Waals surface area contributed by atoms with Crippen LogP contribution < -0.4 is 10.1 Å². The second kappa shape index (κ2) is 9.20. The Kier molecular flexibility index (Phi) is 7.81. The van der Waals surface area contributed by atoms with E-state index in [1.807, 2.05) is 18.2 Å². The molecule has 0 aliphatic carbocycles. The molecule has 0 unspecified atom stereocenters. The number of benzene rings is 1. The van der Waals surface area contributed by atoms with Crippen molar-refractivity contribution in [2.75, 3.05) is 26.4 Å². The maximum absolute atomic E-state index is 6.18. The van der Waals surface area contributed by atoms with E-state index in [4.69, 9.17) is 21.1 Å². The fourth-order valence-electron chi connectivity index (χ4n) is 1.55. The Hall–Kier alpha value is -0.770. The molecule has 102 valence electrons. The molecule has 0 amide bonds. The summed E-state index contributed by atoms with van der Waals surface area (Å²) in [6, 6.07) is 5.73. The third-order valence-corrected chi connectivity index (χ3v) is 2.82. The van der Waals surface area contributed by atoms with Crippen LogP contribution in [0.15, 0.2) is 18.2 Å². The molecule has 1 N–H and O–H groups in total. The van der Waals surface area contributed by atoms with E-state index in [-0.39, 0.29) is 0 Å². The number of hydrogen-bond donors (Lipinski definition) is 1. The van der Waals surface area contributed by atoms with E-state index >= 15 is 0 Å². The molecule has 0 aliphatic rings. The molecule has 1 aromatic rings. The van der Waals surface area contributed by atoms with Crippen molar-refractivity contribution < 1.29 is 9.47 Å². The van der Waals surface area contributed by atoms with Crippen LogP contribution in [-0.2, 0) is 11.3 Å². The predicted octanol–water partition coefficient (Wildman–Crippen LogP) is 3.25. The average Bonchev–Trinajstić information content (AvgIpc) is 2.38. The second-order valence-corrected chi connectivity index (χ2v) is 4.36. The molecule has 0 heterocycles. The van der Waals surface area contributed by atoms with Gasteiger partial charge in [-0.3, -0.25) is 0 Å². The van der Waals surface area contributed by atoms with Crippen LogP contribution in [0, 0.1) is 0 Å². The monoisotopic (exact) mass is 271 g/mol. The largest absolute Gasteiger partial charge is 0.491 e. The van der Waals surface area contributed by atoms with Crippen LogP contribution in [0.5, 0.6) is 5.75 Å². The van der Waals surface area contributed by atoms with Crippen molar-refractivity contribution in [2.45, 2.75) is 26.8 Å². The first kappa shape index (κ1) is 15.3. The maximum Gasteiger partial charge on any atom is 0.125 e. The lowest BCUT2D eigenvalue weighted by atomic mass is 10.2. The summed E-state index contributed by atoms with van der Waals surface area (Å²) in [5.41, 5.74) is 1.01. The highest BCUT2D eigenvalue weighted by atomic mass is 35.5. The maximum atomic E-state index is 6.18. The Bertz CT molecular complexity index is 345. The molecule has 4 heteroatoms. The lowest BCUT2D eigenvalue weighted by molar-refractivity contribution is 0.100. The van der Waals surface area contributed by atoms with E-state index in [9.17, 15) is 0 Å². The Balaban J connectivity index is 2.50. The summed E-state index contributed by atoms with van der Waals surface area (Å²) in [6.45, 7) is 7.73. The van der Waals surface area contributed by atoms with Crippen molar-refractivity contribution in [1.29, 1.82) is 0 Å². The lowest BCUT2D eigenvalue weighted by Crippen LogP contribution is -2.14. The molecule has 0 bridgehead atoms. The number of hydrogen-bond acceptors (Lipinski definition) is 3. The molecule has 0 saturated heterocycles. The van der Waals surface area contributed by atoms with Gasteiger partial charge < -0.3 is 14.8 Å². The minimum atomic E-state index is 0.555. The first-order chi connectivity index (χ1) is 8.79. The highest BCUT2D eigenvalue weighted by Gasteiger charge is 2.07.